The molecule has 2 aromatic rings. The maximum atomic E-state index is 13.2. The highest BCUT2D eigenvalue weighted by atomic mass is 79.9. The first-order valence-corrected chi connectivity index (χ1v) is 7.07. The van der Waals surface area contributed by atoms with E-state index in [1.807, 2.05) is 12.1 Å². The SMILES string of the molecule is Fc1cc(Cl)cc(NCc2cc3c(cc2Br)OCO3)c1. The van der Waals surface area contributed by atoms with Gasteiger partial charge in [0.1, 0.15) is 5.82 Å². The number of rotatable bonds is 3. The van der Waals surface area contributed by atoms with Crippen LogP contribution in [-0.2, 0) is 6.54 Å². The lowest BCUT2D eigenvalue weighted by Crippen LogP contribution is -2.00. The molecule has 1 aliphatic heterocycles. The summed E-state index contributed by atoms with van der Waals surface area (Å²) >= 11 is 9.29. The lowest BCUT2D eigenvalue weighted by molar-refractivity contribution is 0.174. The van der Waals surface area contributed by atoms with Gasteiger partial charge in [-0.15, -0.1) is 0 Å². The zero-order valence-electron chi connectivity index (χ0n) is 10.3. The van der Waals surface area contributed by atoms with Crippen LogP contribution in [0, 0.1) is 5.82 Å². The van der Waals surface area contributed by atoms with Gasteiger partial charge >= 0.3 is 0 Å². The predicted molar refractivity (Wildman–Crippen MR) is 79.0 cm³/mol. The monoisotopic (exact) mass is 357 g/mol. The molecule has 1 N–H and O–H groups in total. The van der Waals surface area contributed by atoms with E-state index in [1.54, 1.807) is 6.07 Å². The molecule has 0 spiro atoms. The fraction of sp³-hybridized carbons (Fsp3) is 0.143. The van der Waals surface area contributed by atoms with Gasteiger partial charge in [0, 0.05) is 21.7 Å². The van der Waals surface area contributed by atoms with E-state index >= 15 is 0 Å². The maximum Gasteiger partial charge on any atom is 0.231 e. The number of halogens is 3. The van der Waals surface area contributed by atoms with Gasteiger partial charge in [0.15, 0.2) is 11.5 Å². The highest BCUT2D eigenvalue weighted by Crippen LogP contribution is 2.37. The number of hydrogen-bond donors (Lipinski definition) is 1. The number of nitrogens with one attached hydrogen (secondary N) is 1. The molecule has 104 valence electrons. The molecule has 0 fully saturated rings. The number of benzene rings is 2. The third-order valence-corrected chi connectivity index (χ3v) is 3.84. The Morgan fingerprint density at radius 3 is 2.65 bits per heavy atom. The van der Waals surface area contributed by atoms with Gasteiger partial charge in [-0.2, -0.15) is 0 Å². The molecular weight excluding hydrogens is 349 g/mol. The zero-order valence-corrected chi connectivity index (χ0v) is 12.6. The van der Waals surface area contributed by atoms with Crippen molar-refractivity contribution in [1.29, 1.82) is 0 Å². The van der Waals surface area contributed by atoms with Gasteiger partial charge in [-0.3, -0.25) is 0 Å². The van der Waals surface area contributed by atoms with Crippen molar-refractivity contribution >= 4 is 33.2 Å². The van der Waals surface area contributed by atoms with Crippen molar-refractivity contribution in [2.45, 2.75) is 6.54 Å². The van der Waals surface area contributed by atoms with E-state index in [-0.39, 0.29) is 12.6 Å². The van der Waals surface area contributed by atoms with Gasteiger partial charge in [-0.05, 0) is 35.9 Å². The first-order valence-electron chi connectivity index (χ1n) is 5.90. The Morgan fingerprint density at radius 1 is 1.15 bits per heavy atom. The minimum atomic E-state index is -0.371. The number of anilines is 1. The van der Waals surface area contributed by atoms with E-state index in [0.29, 0.717) is 23.0 Å². The summed E-state index contributed by atoms with van der Waals surface area (Å²) in [6, 6.07) is 8.08. The van der Waals surface area contributed by atoms with Crippen LogP contribution < -0.4 is 14.8 Å². The molecule has 0 saturated heterocycles. The minimum Gasteiger partial charge on any atom is -0.454 e. The summed E-state index contributed by atoms with van der Waals surface area (Å²) in [5, 5.41) is 3.48. The topological polar surface area (TPSA) is 30.5 Å². The third kappa shape index (κ3) is 2.83. The first-order chi connectivity index (χ1) is 9.61. The summed E-state index contributed by atoms with van der Waals surface area (Å²) in [6.45, 7) is 0.745. The van der Waals surface area contributed by atoms with E-state index in [1.165, 1.54) is 12.1 Å². The molecule has 20 heavy (non-hydrogen) atoms. The van der Waals surface area contributed by atoms with Crippen LogP contribution in [0.4, 0.5) is 10.1 Å². The molecule has 2 aromatic carbocycles. The van der Waals surface area contributed by atoms with Gasteiger partial charge in [0.05, 0.1) is 0 Å². The molecule has 1 heterocycles. The van der Waals surface area contributed by atoms with Crippen LogP contribution >= 0.6 is 27.5 Å². The highest BCUT2D eigenvalue weighted by molar-refractivity contribution is 9.10. The molecule has 0 aliphatic carbocycles. The first kappa shape index (κ1) is 13.5. The standard InChI is InChI=1S/C14H10BrClFNO2/c15-12-5-14-13(19-7-20-14)1-8(12)6-18-11-3-9(16)2-10(17)4-11/h1-5,18H,6-7H2. The molecule has 0 saturated carbocycles. The van der Waals surface area contributed by atoms with Crippen molar-refractivity contribution in [3.8, 4) is 11.5 Å². The fourth-order valence-electron chi connectivity index (χ4n) is 1.95. The van der Waals surface area contributed by atoms with Gasteiger partial charge in [0.2, 0.25) is 6.79 Å². The molecule has 6 heteroatoms. The van der Waals surface area contributed by atoms with Crippen LogP contribution in [-0.4, -0.2) is 6.79 Å². The summed E-state index contributed by atoms with van der Waals surface area (Å²) in [5.41, 5.74) is 1.61. The number of fused-ring (bicyclic) bond motifs is 1. The summed E-state index contributed by atoms with van der Waals surface area (Å²) in [7, 11) is 0. The summed E-state index contributed by atoms with van der Waals surface area (Å²) in [5.74, 6) is 1.06. The van der Waals surface area contributed by atoms with E-state index < -0.39 is 0 Å². The third-order valence-electron chi connectivity index (χ3n) is 2.89. The Bertz CT molecular complexity index is 646. The Hall–Kier alpha value is -1.46. The van der Waals surface area contributed by atoms with E-state index in [2.05, 4.69) is 21.2 Å². The van der Waals surface area contributed by atoms with Crippen molar-refractivity contribution in [3.05, 3.63) is 51.2 Å². The number of ether oxygens (including phenoxy) is 2. The van der Waals surface area contributed by atoms with Crippen molar-refractivity contribution < 1.29 is 13.9 Å². The van der Waals surface area contributed by atoms with Crippen LogP contribution in [0.15, 0.2) is 34.8 Å². The van der Waals surface area contributed by atoms with Crippen LogP contribution in [0.1, 0.15) is 5.56 Å². The van der Waals surface area contributed by atoms with Crippen molar-refractivity contribution in [2.75, 3.05) is 12.1 Å². The van der Waals surface area contributed by atoms with Crippen molar-refractivity contribution in [2.24, 2.45) is 0 Å². The van der Waals surface area contributed by atoms with E-state index in [4.69, 9.17) is 21.1 Å². The summed E-state index contributed by atoms with van der Waals surface area (Å²) in [6.07, 6.45) is 0. The zero-order chi connectivity index (χ0) is 14.1. The van der Waals surface area contributed by atoms with Crippen LogP contribution in [0.2, 0.25) is 5.02 Å². The Labute approximate surface area is 128 Å². The molecule has 3 nitrogen and oxygen atoms in total. The maximum absolute atomic E-state index is 13.2. The Morgan fingerprint density at radius 2 is 1.90 bits per heavy atom. The van der Waals surface area contributed by atoms with Crippen molar-refractivity contribution in [1.82, 2.24) is 0 Å². The molecule has 0 bridgehead atoms. The molecule has 0 unspecified atom stereocenters. The molecule has 3 rings (SSSR count). The van der Waals surface area contributed by atoms with Crippen molar-refractivity contribution in [3.63, 3.8) is 0 Å². The lowest BCUT2D eigenvalue weighted by Gasteiger charge is -2.10. The molecule has 0 amide bonds. The predicted octanol–water partition coefficient (Wildman–Crippen LogP) is 4.58. The second kappa shape index (κ2) is 5.50. The summed E-state index contributed by atoms with van der Waals surface area (Å²) < 4.78 is 24.8. The van der Waals surface area contributed by atoms with Crippen LogP contribution in [0.25, 0.3) is 0 Å². The minimum absolute atomic E-state index is 0.234. The van der Waals surface area contributed by atoms with Gasteiger partial charge < -0.3 is 14.8 Å². The molecule has 0 atom stereocenters. The molecule has 0 aromatic heterocycles. The second-order valence-corrected chi connectivity index (χ2v) is 5.60. The molecule has 0 radical (unpaired) electrons. The lowest BCUT2D eigenvalue weighted by atomic mass is 10.2. The molecular formula is C14H10BrClFNO2. The largest absolute Gasteiger partial charge is 0.454 e. The fourth-order valence-corrected chi connectivity index (χ4v) is 2.63. The second-order valence-electron chi connectivity index (χ2n) is 4.31. The number of hydrogen-bond acceptors (Lipinski definition) is 3. The Kier molecular flexibility index (Phi) is 3.72. The average Bonchev–Trinajstić information content (AvgIpc) is 2.81. The normalized spacial score (nSPS) is 12.6. The van der Waals surface area contributed by atoms with Gasteiger partial charge in [-0.25, -0.2) is 4.39 Å². The van der Waals surface area contributed by atoms with Gasteiger partial charge in [0.25, 0.3) is 0 Å². The summed E-state index contributed by atoms with van der Waals surface area (Å²) in [4.78, 5) is 0. The average molecular weight is 359 g/mol. The smallest absolute Gasteiger partial charge is 0.231 e. The van der Waals surface area contributed by atoms with E-state index in [0.717, 1.165) is 15.8 Å². The van der Waals surface area contributed by atoms with E-state index in [9.17, 15) is 4.39 Å². The Balaban J connectivity index is 1.78. The quantitative estimate of drug-likeness (QED) is 0.871. The van der Waals surface area contributed by atoms with Crippen LogP contribution in [0.5, 0.6) is 11.5 Å². The van der Waals surface area contributed by atoms with Crippen LogP contribution in [0.3, 0.4) is 0 Å². The van der Waals surface area contributed by atoms with Gasteiger partial charge in [-0.1, -0.05) is 27.5 Å². The molecule has 1 aliphatic rings. The highest BCUT2D eigenvalue weighted by Gasteiger charge is 2.16.